The van der Waals surface area contributed by atoms with Gasteiger partial charge in [0.1, 0.15) is 5.82 Å². The first kappa shape index (κ1) is 16.9. The predicted octanol–water partition coefficient (Wildman–Crippen LogP) is 4.82. The first-order valence-corrected chi connectivity index (χ1v) is 9.23. The largest absolute Gasteiger partial charge is 0.380 e. The molecule has 0 spiro atoms. The minimum atomic E-state index is -0.181. The van der Waals surface area contributed by atoms with Crippen molar-refractivity contribution in [2.75, 3.05) is 18.4 Å². The number of rotatable bonds is 4. The Morgan fingerprint density at radius 1 is 1.13 bits per heavy atom. The molecule has 122 valence electrons. The van der Waals surface area contributed by atoms with Crippen LogP contribution in [-0.4, -0.2) is 29.0 Å². The first-order chi connectivity index (χ1) is 11.1. The molecule has 0 radical (unpaired) electrons. The molecule has 0 aliphatic carbocycles. The summed E-state index contributed by atoms with van der Waals surface area (Å²) in [5, 5.41) is 3.33. The van der Waals surface area contributed by atoms with E-state index in [1.54, 1.807) is 12.1 Å². The third-order valence-corrected chi connectivity index (χ3v) is 5.52. The van der Waals surface area contributed by atoms with Crippen LogP contribution >= 0.6 is 31.9 Å². The van der Waals surface area contributed by atoms with Crippen LogP contribution in [0, 0.1) is 5.82 Å². The molecule has 1 aromatic carbocycles. The van der Waals surface area contributed by atoms with Crippen LogP contribution < -0.4 is 5.32 Å². The third-order valence-electron chi connectivity index (χ3n) is 4.16. The molecular weight excluding hydrogens is 425 g/mol. The summed E-state index contributed by atoms with van der Waals surface area (Å²) in [6.45, 7) is 2.87. The number of piperidine rings is 1. The lowest BCUT2D eigenvalue weighted by Gasteiger charge is -2.33. The molecule has 3 rings (SSSR count). The molecule has 1 fully saturated rings. The Hall–Kier alpha value is -0.980. The summed E-state index contributed by atoms with van der Waals surface area (Å²) in [5.41, 5.74) is 1.83. The van der Waals surface area contributed by atoms with E-state index in [2.05, 4.69) is 47.1 Å². The van der Waals surface area contributed by atoms with Crippen molar-refractivity contribution < 1.29 is 4.39 Å². The maximum atomic E-state index is 13.7. The SMILES string of the molecule is Fc1ccccc1NC1CCN(Cc2c(Br)cncc2Br)CC1. The van der Waals surface area contributed by atoms with Crippen LogP contribution in [0.1, 0.15) is 18.4 Å². The topological polar surface area (TPSA) is 28.2 Å². The van der Waals surface area contributed by atoms with Crippen LogP contribution in [-0.2, 0) is 6.54 Å². The first-order valence-electron chi connectivity index (χ1n) is 7.65. The molecule has 1 aliphatic heterocycles. The molecule has 1 saturated heterocycles. The number of likely N-dealkylation sites (tertiary alicyclic amines) is 1. The van der Waals surface area contributed by atoms with Gasteiger partial charge < -0.3 is 5.32 Å². The molecule has 1 aliphatic rings. The van der Waals surface area contributed by atoms with E-state index in [0.29, 0.717) is 11.7 Å². The van der Waals surface area contributed by atoms with Gasteiger partial charge in [-0.1, -0.05) is 12.1 Å². The molecule has 0 saturated carbocycles. The van der Waals surface area contributed by atoms with Crippen LogP contribution in [0.5, 0.6) is 0 Å². The second-order valence-corrected chi connectivity index (χ2v) is 7.46. The molecule has 2 heterocycles. The van der Waals surface area contributed by atoms with Gasteiger partial charge in [-0.2, -0.15) is 0 Å². The quantitative estimate of drug-likeness (QED) is 0.735. The third kappa shape index (κ3) is 4.31. The van der Waals surface area contributed by atoms with Gasteiger partial charge in [0.05, 0.1) is 5.69 Å². The number of anilines is 1. The number of nitrogens with zero attached hydrogens (tertiary/aromatic N) is 2. The van der Waals surface area contributed by atoms with Crippen molar-refractivity contribution in [2.45, 2.75) is 25.4 Å². The van der Waals surface area contributed by atoms with Crippen molar-refractivity contribution in [1.29, 1.82) is 0 Å². The fourth-order valence-corrected chi connectivity index (χ4v) is 4.03. The van der Waals surface area contributed by atoms with E-state index in [9.17, 15) is 4.39 Å². The number of halogens is 3. The maximum absolute atomic E-state index is 13.7. The van der Waals surface area contributed by atoms with Crippen LogP contribution in [0.3, 0.4) is 0 Å². The average Bonchev–Trinajstić information content (AvgIpc) is 2.55. The zero-order valence-corrected chi connectivity index (χ0v) is 15.8. The number of aromatic nitrogens is 1. The zero-order valence-electron chi connectivity index (χ0n) is 12.6. The summed E-state index contributed by atoms with van der Waals surface area (Å²) < 4.78 is 15.8. The molecule has 0 unspecified atom stereocenters. The van der Waals surface area contributed by atoms with E-state index in [1.165, 1.54) is 11.6 Å². The van der Waals surface area contributed by atoms with Crippen LogP contribution in [0.4, 0.5) is 10.1 Å². The Balaban J connectivity index is 1.56. The molecule has 1 N–H and O–H groups in total. The summed E-state index contributed by atoms with van der Waals surface area (Å²) in [4.78, 5) is 6.57. The molecule has 3 nitrogen and oxygen atoms in total. The van der Waals surface area contributed by atoms with Gasteiger partial charge in [-0.3, -0.25) is 9.88 Å². The van der Waals surface area contributed by atoms with Gasteiger partial charge in [0.15, 0.2) is 0 Å². The molecular formula is C17H18Br2FN3. The summed E-state index contributed by atoms with van der Waals surface area (Å²) in [6.07, 6.45) is 5.67. The van der Waals surface area contributed by atoms with Gasteiger partial charge in [0.2, 0.25) is 0 Å². The molecule has 0 bridgehead atoms. The lowest BCUT2D eigenvalue weighted by Crippen LogP contribution is -2.38. The highest BCUT2D eigenvalue weighted by Gasteiger charge is 2.21. The lowest BCUT2D eigenvalue weighted by atomic mass is 10.0. The highest BCUT2D eigenvalue weighted by Crippen LogP contribution is 2.27. The van der Waals surface area contributed by atoms with Gasteiger partial charge in [-0.25, -0.2) is 4.39 Å². The maximum Gasteiger partial charge on any atom is 0.146 e. The van der Waals surface area contributed by atoms with Crippen LogP contribution in [0.15, 0.2) is 45.6 Å². The van der Waals surface area contributed by atoms with Gasteiger partial charge in [0.25, 0.3) is 0 Å². The van der Waals surface area contributed by atoms with Gasteiger partial charge in [0, 0.05) is 47.0 Å². The average molecular weight is 443 g/mol. The second kappa shape index (κ2) is 7.73. The highest BCUT2D eigenvalue weighted by molar-refractivity contribution is 9.11. The Morgan fingerprint density at radius 3 is 2.43 bits per heavy atom. The molecule has 0 amide bonds. The van der Waals surface area contributed by atoms with E-state index in [0.717, 1.165) is 41.4 Å². The Kier molecular flexibility index (Phi) is 5.67. The number of nitrogens with one attached hydrogen (secondary N) is 1. The van der Waals surface area contributed by atoms with Crippen molar-refractivity contribution in [1.82, 2.24) is 9.88 Å². The molecule has 6 heteroatoms. The second-order valence-electron chi connectivity index (χ2n) is 5.76. The smallest absolute Gasteiger partial charge is 0.146 e. The monoisotopic (exact) mass is 441 g/mol. The van der Waals surface area contributed by atoms with Gasteiger partial charge in [-0.15, -0.1) is 0 Å². The van der Waals surface area contributed by atoms with E-state index in [-0.39, 0.29) is 5.82 Å². The van der Waals surface area contributed by atoms with Gasteiger partial charge in [-0.05, 0) is 62.4 Å². The van der Waals surface area contributed by atoms with E-state index >= 15 is 0 Å². The summed E-state index contributed by atoms with van der Waals surface area (Å²) in [5.74, 6) is -0.181. The van der Waals surface area contributed by atoms with E-state index in [4.69, 9.17) is 0 Å². The number of pyridine rings is 1. The minimum Gasteiger partial charge on any atom is -0.380 e. The van der Waals surface area contributed by atoms with E-state index < -0.39 is 0 Å². The molecule has 0 atom stereocenters. The fourth-order valence-electron chi connectivity index (χ4n) is 2.85. The Labute approximate surface area is 152 Å². The minimum absolute atomic E-state index is 0.181. The standard InChI is InChI=1S/C17H18Br2FN3/c18-14-9-21-10-15(19)13(14)11-23-7-5-12(6-8-23)22-17-4-2-1-3-16(17)20/h1-4,9-10,12,22H,5-8,11H2. The number of hydrogen-bond acceptors (Lipinski definition) is 3. The van der Waals surface area contributed by atoms with E-state index in [1.807, 2.05) is 18.5 Å². The Bertz CT molecular complexity index is 652. The molecule has 2 aromatic rings. The van der Waals surface area contributed by atoms with Crippen LogP contribution in [0.25, 0.3) is 0 Å². The van der Waals surface area contributed by atoms with Crippen LogP contribution in [0.2, 0.25) is 0 Å². The summed E-state index contributed by atoms with van der Waals surface area (Å²) in [7, 11) is 0. The highest BCUT2D eigenvalue weighted by atomic mass is 79.9. The lowest BCUT2D eigenvalue weighted by molar-refractivity contribution is 0.210. The number of benzene rings is 1. The molecule has 23 heavy (non-hydrogen) atoms. The van der Waals surface area contributed by atoms with Gasteiger partial charge >= 0.3 is 0 Å². The molecule has 1 aromatic heterocycles. The Morgan fingerprint density at radius 2 is 1.78 bits per heavy atom. The normalized spacial score (nSPS) is 16.5. The predicted molar refractivity (Wildman–Crippen MR) is 98.0 cm³/mol. The number of para-hydroxylation sites is 1. The van der Waals surface area contributed by atoms with Crippen molar-refractivity contribution in [3.8, 4) is 0 Å². The van der Waals surface area contributed by atoms with Crippen molar-refractivity contribution in [2.24, 2.45) is 0 Å². The summed E-state index contributed by atoms with van der Waals surface area (Å²) >= 11 is 7.13. The zero-order chi connectivity index (χ0) is 16.2. The van der Waals surface area contributed by atoms with Crippen molar-refractivity contribution in [3.05, 3.63) is 57.0 Å². The van der Waals surface area contributed by atoms with Crippen molar-refractivity contribution >= 4 is 37.5 Å². The van der Waals surface area contributed by atoms with Crippen molar-refractivity contribution in [3.63, 3.8) is 0 Å². The number of hydrogen-bond donors (Lipinski definition) is 1. The fraction of sp³-hybridized carbons (Fsp3) is 0.353. The summed E-state index contributed by atoms with van der Waals surface area (Å²) in [6, 6.07) is 7.20.